The maximum atomic E-state index is 12.7. The summed E-state index contributed by atoms with van der Waals surface area (Å²) in [5.74, 6) is 0.258. The van der Waals surface area contributed by atoms with Gasteiger partial charge in [-0.3, -0.25) is 14.5 Å². The number of rotatable bonds is 5. The van der Waals surface area contributed by atoms with Crippen LogP contribution in [0.2, 0.25) is 0 Å². The predicted molar refractivity (Wildman–Crippen MR) is 91.0 cm³/mol. The van der Waals surface area contributed by atoms with Crippen LogP contribution < -0.4 is 5.73 Å². The van der Waals surface area contributed by atoms with E-state index < -0.39 is 5.54 Å². The normalized spacial score (nSPS) is 21.6. The van der Waals surface area contributed by atoms with Crippen molar-refractivity contribution in [3.63, 3.8) is 0 Å². The molecule has 132 valence electrons. The fraction of sp³-hybridized carbons (Fsp3) is 0.882. The Labute approximate surface area is 140 Å². The van der Waals surface area contributed by atoms with Crippen molar-refractivity contribution in [3.05, 3.63) is 0 Å². The molecule has 1 saturated carbocycles. The van der Waals surface area contributed by atoms with Gasteiger partial charge >= 0.3 is 0 Å². The minimum absolute atomic E-state index is 0.0908. The second-order valence-electron chi connectivity index (χ2n) is 6.85. The van der Waals surface area contributed by atoms with Gasteiger partial charge in [0.2, 0.25) is 11.8 Å². The average molecular weight is 324 g/mol. The maximum absolute atomic E-state index is 12.7. The smallest absolute Gasteiger partial charge is 0.242 e. The Morgan fingerprint density at radius 3 is 2.00 bits per heavy atom. The molecular weight excluding hydrogens is 292 g/mol. The van der Waals surface area contributed by atoms with Gasteiger partial charge in [-0.15, -0.1) is 0 Å². The van der Waals surface area contributed by atoms with E-state index in [2.05, 4.69) is 18.7 Å². The van der Waals surface area contributed by atoms with Crippen LogP contribution >= 0.6 is 0 Å². The summed E-state index contributed by atoms with van der Waals surface area (Å²) < 4.78 is 0. The third kappa shape index (κ3) is 4.44. The third-order valence-electron chi connectivity index (χ3n) is 5.34. The van der Waals surface area contributed by atoms with Gasteiger partial charge in [0, 0.05) is 26.2 Å². The van der Waals surface area contributed by atoms with E-state index in [9.17, 15) is 9.59 Å². The lowest BCUT2D eigenvalue weighted by Crippen LogP contribution is -2.61. The second-order valence-corrected chi connectivity index (χ2v) is 6.85. The minimum atomic E-state index is -0.661. The Bertz CT molecular complexity index is 409. The molecule has 1 saturated heterocycles. The Morgan fingerprint density at radius 2 is 1.48 bits per heavy atom. The van der Waals surface area contributed by atoms with E-state index >= 15 is 0 Å². The molecular formula is C17H32N4O2. The molecule has 1 aliphatic carbocycles. The van der Waals surface area contributed by atoms with Gasteiger partial charge in [0.25, 0.3) is 0 Å². The number of amides is 2. The van der Waals surface area contributed by atoms with E-state index in [1.807, 2.05) is 9.80 Å². The molecule has 2 N–H and O–H groups in total. The minimum Gasteiger partial charge on any atom is -0.338 e. The highest BCUT2D eigenvalue weighted by molar-refractivity contribution is 5.86. The van der Waals surface area contributed by atoms with Crippen molar-refractivity contribution in [3.8, 4) is 0 Å². The molecule has 0 spiro atoms. The van der Waals surface area contributed by atoms with Crippen molar-refractivity contribution in [2.75, 3.05) is 45.8 Å². The van der Waals surface area contributed by atoms with Crippen molar-refractivity contribution in [1.29, 1.82) is 0 Å². The summed E-state index contributed by atoms with van der Waals surface area (Å²) in [5, 5.41) is 0. The summed E-state index contributed by atoms with van der Waals surface area (Å²) in [6, 6.07) is 0. The van der Waals surface area contributed by atoms with Crippen molar-refractivity contribution in [1.82, 2.24) is 14.7 Å². The van der Waals surface area contributed by atoms with Crippen LogP contribution in [0.1, 0.15) is 46.0 Å². The van der Waals surface area contributed by atoms with Crippen molar-refractivity contribution in [2.24, 2.45) is 5.73 Å². The van der Waals surface area contributed by atoms with Crippen LogP contribution in [0.5, 0.6) is 0 Å². The fourth-order valence-electron chi connectivity index (χ4n) is 3.61. The highest BCUT2D eigenvalue weighted by Gasteiger charge is 2.39. The Morgan fingerprint density at radius 1 is 0.957 bits per heavy atom. The monoisotopic (exact) mass is 324 g/mol. The summed E-state index contributed by atoms with van der Waals surface area (Å²) in [5.41, 5.74) is 5.69. The molecule has 0 aromatic heterocycles. The first-order valence-electron chi connectivity index (χ1n) is 9.08. The van der Waals surface area contributed by atoms with Crippen LogP contribution in [-0.4, -0.2) is 77.9 Å². The molecule has 1 heterocycles. The topological polar surface area (TPSA) is 69.9 Å². The Kier molecular flexibility index (Phi) is 6.41. The largest absolute Gasteiger partial charge is 0.338 e. The lowest BCUT2D eigenvalue weighted by molar-refractivity contribution is -0.144. The molecule has 2 rings (SSSR count). The standard InChI is InChI=1S/C17H32N4O2/c1-3-19(4-2)14-15(22)20-10-12-21(13-11-20)16(23)17(18)8-6-5-7-9-17/h3-14,18H2,1-2H3. The molecule has 0 aromatic carbocycles. The second kappa shape index (κ2) is 8.11. The third-order valence-corrected chi connectivity index (χ3v) is 5.34. The van der Waals surface area contributed by atoms with E-state index in [1.165, 1.54) is 6.42 Å². The van der Waals surface area contributed by atoms with E-state index in [0.717, 1.165) is 38.8 Å². The zero-order chi connectivity index (χ0) is 16.9. The van der Waals surface area contributed by atoms with Gasteiger partial charge in [-0.1, -0.05) is 33.1 Å². The van der Waals surface area contributed by atoms with Gasteiger partial charge in [0.15, 0.2) is 0 Å². The van der Waals surface area contributed by atoms with Crippen LogP contribution in [-0.2, 0) is 9.59 Å². The number of carbonyl (C=O) groups is 2. The molecule has 23 heavy (non-hydrogen) atoms. The number of hydrogen-bond donors (Lipinski definition) is 1. The molecule has 1 aliphatic heterocycles. The predicted octanol–water partition coefficient (Wildman–Crippen LogP) is 0.661. The van der Waals surface area contributed by atoms with Crippen molar-refractivity contribution in [2.45, 2.75) is 51.5 Å². The fourth-order valence-corrected chi connectivity index (χ4v) is 3.61. The highest BCUT2D eigenvalue weighted by Crippen LogP contribution is 2.28. The lowest BCUT2D eigenvalue weighted by atomic mass is 9.81. The van der Waals surface area contributed by atoms with Crippen LogP contribution in [0.3, 0.4) is 0 Å². The van der Waals surface area contributed by atoms with Gasteiger partial charge in [0.05, 0.1) is 12.1 Å². The molecule has 0 unspecified atom stereocenters. The summed E-state index contributed by atoms with van der Waals surface area (Å²) in [4.78, 5) is 30.9. The van der Waals surface area contributed by atoms with Gasteiger partial charge < -0.3 is 15.5 Å². The molecule has 2 amide bonds. The number of likely N-dealkylation sites (N-methyl/N-ethyl adjacent to an activating group) is 1. The van der Waals surface area contributed by atoms with Gasteiger partial charge in [0.1, 0.15) is 0 Å². The summed E-state index contributed by atoms with van der Waals surface area (Å²) in [6.07, 6.45) is 4.87. The first-order chi connectivity index (χ1) is 11.0. The van der Waals surface area contributed by atoms with Crippen LogP contribution in [0, 0.1) is 0 Å². The molecule has 0 atom stereocenters. The Balaban J connectivity index is 1.83. The molecule has 6 nitrogen and oxygen atoms in total. The zero-order valence-electron chi connectivity index (χ0n) is 14.7. The average Bonchev–Trinajstić information content (AvgIpc) is 2.59. The van der Waals surface area contributed by atoms with Gasteiger partial charge in [-0.25, -0.2) is 0 Å². The zero-order valence-corrected chi connectivity index (χ0v) is 14.7. The van der Waals surface area contributed by atoms with Gasteiger partial charge in [-0.2, -0.15) is 0 Å². The number of nitrogens with two attached hydrogens (primary N) is 1. The first-order valence-corrected chi connectivity index (χ1v) is 9.08. The summed E-state index contributed by atoms with van der Waals surface area (Å²) in [7, 11) is 0. The number of hydrogen-bond acceptors (Lipinski definition) is 4. The molecule has 0 bridgehead atoms. The van der Waals surface area contributed by atoms with E-state index in [4.69, 9.17) is 5.73 Å². The molecule has 2 fully saturated rings. The van der Waals surface area contributed by atoms with E-state index in [-0.39, 0.29) is 11.8 Å². The quantitative estimate of drug-likeness (QED) is 0.806. The number of carbonyl (C=O) groups excluding carboxylic acids is 2. The molecule has 6 heteroatoms. The maximum Gasteiger partial charge on any atom is 0.242 e. The van der Waals surface area contributed by atoms with E-state index in [1.54, 1.807) is 0 Å². The van der Waals surface area contributed by atoms with Crippen LogP contribution in [0.4, 0.5) is 0 Å². The number of nitrogens with zero attached hydrogens (tertiary/aromatic N) is 3. The SMILES string of the molecule is CCN(CC)CC(=O)N1CCN(C(=O)C2(N)CCCCC2)CC1. The Hall–Kier alpha value is -1.14. The van der Waals surface area contributed by atoms with Crippen molar-refractivity contribution < 1.29 is 9.59 Å². The summed E-state index contributed by atoms with van der Waals surface area (Å²) in [6.45, 7) is 8.86. The molecule has 2 aliphatic rings. The molecule has 0 radical (unpaired) electrons. The first kappa shape index (κ1) is 18.2. The van der Waals surface area contributed by atoms with Crippen LogP contribution in [0.15, 0.2) is 0 Å². The van der Waals surface area contributed by atoms with Crippen molar-refractivity contribution >= 4 is 11.8 Å². The highest BCUT2D eigenvalue weighted by atomic mass is 16.2. The van der Waals surface area contributed by atoms with Crippen LogP contribution in [0.25, 0.3) is 0 Å². The summed E-state index contributed by atoms with van der Waals surface area (Å²) >= 11 is 0. The number of piperazine rings is 1. The van der Waals surface area contributed by atoms with Gasteiger partial charge in [-0.05, 0) is 25.9 Å². The van der Waals surface area contributed by atoms with E-state index in [0.29, 0.717) is 32.7 Å². The lowest BCUT2D eigenvalue weighted by Gasteiger charge is -2.41. The molecule has 0 aromatic rings.